The summed E-state index contributed by atoms with van der Waals surface area (Å²) >= 11 is 0. The minimum Gasteiger partial charge on any atom is -0.490 e. The predicted octanol–water partition coefficient (Wildman–Crippen LogP) is 4.26. The lowest BCUT2D eigenvalue weighted by atomic mass is 9.84. The summed E-state index contributed by atoms with van der Waals surface area (Å²) in [6.45, 7) is 6.16. The van der Waals surface area contributed by atoms with Gasteiger partial charge in [-0.05, 0) is 57.0 Å². The molecule has 0 atom stereocenters. The highest BCUT2D eigenvalue weighted by molar-refractivity contribution is 7.89. The summed E-state index contributed by atoms with van der Waals surface area (Å²) in [5.41, 5.74) is 0.673. The Hall–Kier alpha value is -3.92. The molecular formula is C33H40F2N6O6S. The normalized spacial score (nSPS) is 19.4. The standard InChI is InChI=1S/C33H40F2N6O6S/c1-33(2)19-41(48(44,45)25-15-21(34)14-22(35)16-25)18-27-29(33)38-39-30(27)37-32(43)26-5-4-24(47-23-6-10-40(3)11-7-23)17-28(26)36-31(42)20-8-12-46-13-9-20/h4-5,14-17,20,23H,6-13,18-19H2,1-3H3,(H,36,42)(H2,37,38,39,43). The average molecular weight is 687 g/mol. The number of sulfonamides is 1. The number of hydrogen-bond donors (Lipinski definition) is 3. The zero-order valence-electron chi connectivity index (χ0n) is 27.1. The summed E-state index contributed by atoms with van der Waals surface area (Å²) in [5.74, 6) is -2.47. The third kappa shape index (κ3) is 7.23. The molecule has 2 saturated heterocycles. The van der Waals surface area contributed by atoms with Crippen LogP contribution in [-0.2, 0) is 31.5 Å². The molecule has 48 heavy (non-hydrogen) atoms. The van der Waals surface area contributed by atoms with Gasteiger partial charge in [0.1, 0.15) is 23.5 Å². The fourth-order valence-corrected chi connectivity index (χ4v) is 8.11. The molecule has 3 aromatic rings. The van der Waals surface area contributed by atoms with E-state index < -0.39 is 37.9 Å². The first-order valence-electron chi connectivity index (χ1n) is 16.0. The van der Waals surface area contributed by atoms with Crippen LogP contribution in [0.25, 0.3) is 0 Å². The number of nitrogens with one attached hydrogen (secondary N) is 3. The second-order valence-corrected chi connectivity index (χ2v) is 15.3. The van der Waals surface area contributed by atoms with Gasteiger partial charge in [0.15, 0.2) is 5.82 Å². The summed E-state index contributed by atoms with van der Waals surface area (Å²) in [6, 6.07) is 7.07. The van der Waals surface area contributed by atoms with Gasteiger partial charge in [-0.2, -0.15) is 9.40 Å². The van der Waals surface area contributed by atoms with Gasteiger partial charge < -0.3 is 25.0 Å². The maximum Gasteiger partial charge on any atom is 0.258 e. The van der Waals surface area contributed by atoms with Crippen molar-refractivity contribution >= 4 is 33.3 Å². The van der Waals surface area contributed by atoms with E-state index in [0.29, 0.717) is 49.1 Å². The van der Waals surface area contributed by atoms with Crippen molar-refractivity contribution in [1.82, 2.24) is 19.4 Å². The fourth-order valence-electron chi connectivity index (χ4n) is 6.49. The number of halogens is 2. The van der Waals surface area contributed by atoms with Gasteiger partial charge in [0, 0.05) is 74.1 Å². The number of aromatic nitrogens is 2. The van der Waals surface area contributed by atoms with Crippen molar-refractivity contribution in [2.75, 3.05) is 50.5 Å². The largest absolute Gasteiger partial charge is 0.490 e. The second kappa shape index (κ2) is 13.5. The summed E-state index contributed by atoms with van der Waals surface area (Å²) in [5, 5.41) is 13.0. The SMILES string of the molecule is CN1CCC(Oc2ccc(C(=O)Nc3n[nH]c4c3CN(S(=O)(=O)c3cc(F)cc(F)c3)CC4(C)C)c(NC(=O)C3CCOCC3)c2)CC1. The molecule has 258 valence electrons. The van der Waals surface area contributed by atoms with Crippen LogP contribution in [0.1, 0.15) is 61.1 Å². The maximum atomic E-state index is 14.0. The molecule has 3 aliphatic rings. The quantitative estimate of drug-likeness (QED) is 0.319. The fraction of sp³-hybridized carbons (Fsp3) is 0.485. The molecule has 0 bridgehead atoms. The Morgan fingerprint density at radius 2 is 1.71 bits per heavy atom. The molecule has 12 nitrogen and oxygen atoms in total. The van der Waals surface area contributed by atoms with E-state index in [1.807, 2.05) is 0 Å². The van der Waals surface area contributed by atoms with E-state index in [2.05, 4.69) is 32.8 Å². The van der Waals surface area contributed by atoms with Gasteiger partial charge in [0.05, 0.1) is 16.1 Å². The number of H-pyrrole nitrogens is 1. The van der Waals surface area contributed by atoms with Gasteiger partial charge in [0.25, 0.3) is 5.91 Å². The van der Waals surface area contributed by atoms with Gasteiger partial charge >= 0.3 is 0 Å². The van der Waals surface area contributed by atoms with E-state index in [0.717, 1.165) is 42.4 Å². The van der Waals surface area contributed by atoms with E-state index in [4.69, 9.17) is 9.47 Å². The maximum absolute atomic E-state index is 14.0. The second-order valence-electron chi connectivity index (χ2n) is 13.3. The number of fused-ring (bicyclic) bond motifs is 1. The van der Waals surface area contributed by atoms with Crippen molar-refractivity contribution in [2.45, 2.75) is 62.5 Å². The molecule has 6 rings (SSSR count). The van der Waals surface area contributed by atoms with Crippen LogP contribution in [0.5, 0.6) is 5.75 Å². The van der Waals surface area contributed by atoms with Crippen LogP contribution < -0.4 is 15.4 Å². The number of rotatable bonds is 8. The highest BCUT2D eigenvalue weighted by atomic mass is 32.2. The molecule has 3 aliphatic heterocycles. The molecule has 3 N–H and O–H groups in total. The summed E-state index contributed by atoms with van der Waals surface area (Å²) in [4.78, 5) is 28.9. The third-order valence-corrected chi connectivity index (χ3v) is 11.0. The minimum absolute atomic E-state index is 0.00181. The molecule has 0 spiro atoms. The Kier molecular flexibility index (Phi) is 9.57. The number of piperidine rings is 1. The van der Waals surface area contributed by atoms with Gasteiger partial charge in [-0.15, -0.1) is 0 Å². The van der Waals surface area contributed by atoms with E-state index in [9.17, 15) is 26.8 Å². The summed E-state index contributed by atoms with van der Waals surface area (Å²) in [6.07, 6.45) is 2.84. The number of likely N-dealkylation sites (tertiary alicyclic amines) is 1. The van der Waals surface area contributed by atoms with Gasteiger partial charge in [-0.3, -0.25) is 14.7 Å². The molecule has 0 aliphatic carbocycles. The van der Waals surface area contributed by atoms with Crippen LogP contribution in [0.2, 0.25) is 0 Å². The van der Waals surface area contributed by atoms with Gasteiger partial charge in [0.2, 0.25) is 15.9 Å². The first kappa shape index (κ1) is 34.0. The lowest BCUT2D eigenvalue weighted by Crippen LogP contribution is -2.45. The molecule has 2 amide bonds. The number of carbonyl (C=O) groups is 2. The zero-order chi connectivity index (χ0) is 34.2. The van der Waals surface area contributed by atoms with Crippen LogP contribution >= 0.6 is 0 Å². The number of ether oxygens (including phenoxy) is 2. The molecular weight excluding hydrogens is 646 g/mol. The number of aromatic amines is 1. The van der Waals surface area contributed by atoms with Crippen molar-refractivity contribution in [2.24, 2.45) is 5.92 Å². The molecule has 0 radical (unpaired) electrons. The molecule has 0 saturated carbocycles. The van der Waals surface area contributed by atoms with Crippen LogP contribution in [0, 0.1) is 17.6 Å². The van der Waals surface area contributed by atoms with Gasteiger partial charge in [-0.1, -0.05) is 13.8 Å². The minimum atomic E-state index is -4.32. The Morgan fingerprint density at radius 3 is 2.40 bits per heavy atom. The zero-order valence-corrected chi connectivity index (χ0v) is 28.0. The Balaban J connectivity index is 1.27. The van der Waals surface area contributed by atoms with E-state index in [1.54, 1.807) is 32.0 Å². The molecule has 4 heterocycles. The number of nitrogens with zero attached hydrogens (tertiary/aromatic N) is 3. The first-order valence-corrected chi connectivity index (χ1v) is 17.5. The third-order valence-electron chi connectivity index (χ3n) is 9.21. The van der Waals surface area contributed by atoms with Crippen molar-refractivity contribution < 1.29 is 36.3 Å². The van der Waals surface area contributed by atoms with E-state index >= 15 is 0 Å². The van der Waals surface area contributed by atoms with Crippen LogP contribution in [0.3, 0.4) is 0 Å². The van der Waals surface area contributed by atoms with Crippen molar-refractivity contribution in [3.63, 3.8) is 0 Å². The molecule has 0 unspecified atom stereocenters. The van der Waals surface area contributed by atoms with E-state index in [1.165, 1.54) is 0 Å². The number of benzene rings is 2. The predicted molar refractivity (Wildman–Crippen MR) is 173 cm³/mol. The smallest absolute Gasteiger partial charge is 0.258 e. The van der Waals surface area contributed by atoms with Crippen molar-refractivity contribution in [1.29, 1.82) is 0 Å². The average Bonchev–Trinajstić information content (AvgIpc) is 3.45. The molecule has 2 fully saturated rings. The lowest BCUT2D eigenvalue weighted by Gasteiger charge is -2.36. The number of amides is 2. The highest BCUT2D eigenvalue weighted by Crippen LogP contribution is 2.38. The van der Waals surface area contributed by atoms with Crippen molar-refractivity contribution in [3.05, 3.63) is 64.9 Å². The molecule has 1 aromatic heterocycles. The number of anilines is 2. The number of hydrogen-bond acceptors (Lipinski definition) is 8. The molecule has 2 aromatic carbocycles. The number of carbonyl (C=O) groups excluding carboxylic acids is 2. The van der Waals surface area contributed by atoms with Crippen LogP contribution in [-0.4, -0.2) is 85.6 Å². The van der Waals surface area contributed by atoms with Crippen LogP contribution in [0.4, 0.5) is 20.3 Å². The summed E-state index contributed by atoms with van der Waals surface area (Å²) < 4.78 is 67.8. The molecule has 15 heteroatoms. The topological polar surface area (TPSA) is 146 Å². The Labute approximate surface area is 278 Å². The lowest BCUT2D eigenvalue weighted by molar-refractivity contribution is -0.122. The van der Waals surface area contributed by atoms with Crippen molar-refractivity contribution in [3.8, 4) is 5.75 Å². The summed E-state index contributed by atoms with van der Waals surface area (Å²) in [7, 11) is -2.26. The Morgan fingerprint density at radius 1 is 1.02 bits per heavy atom. The highest BCUT2D eigenvalue weighted by Gasteiger charge is 2.41. The first-order chi connectivity index (χ1) is 22.8. The Bertz CT molecular complexity index is 1780. The van der Waals surface area contributed by atoms with E-state index in [-0.39, 0.29) is 48.1 Å². The van der Waals surface area contributed by atoms with Crippen LogP contribution in [0.15, 0.2) is 41.3 Å². The monoisotopic (exact) mass is 686 g/mol. The van der Waals surface area contributed by atoms with Gasteiger partial charge in [-0.25, -0.2) is 17.2 Å².